The second-order valence-corrected chi connectivity index (χ2v) is 8.32. The Labute approximate surface area is 176 Å². The Bertz CT molecular complexity index is 1080. The molecule has 3 aromatic rings. The third kappa shape index (κ3) is 5.32. The van der Waals surface area contributed by atoms with Gasteiger partial charge in [0, 0.05) is 10.6 Å². The summed E-state index contributed by atoms with van der Waals surface area (Å²) in [5.41, 5.74) is 2.18. The molecule has 0 aliphatic carbocycles. The summed E-state index contributed by atoms with van der Waals surface area (Å²) in [6.45, 7) is 4.38. The van der Waals surface area contributed by atoms with Crippen LogP contribution in [0.2, 0.25) is 5.02 Å². The maximum absolute atomic E-state index is 13.2. The molecule has 0 fully saturated rings. The van der Waals surface area contributed by atoms with Crippen LogP contribution in [0.25, 0.3) is 16.8 Å². The lowest BCUT2D eigenvalue weighted by Crippen LogP contribution is -2.24. The zero-order valence-corrected chi connectivity index (χ0v) is 17.6. The van der Waals surface area contributed by atoms with Crippen molar-refractivity contribution in [3.63, 3.8) is 0 Å². The average Bonchev–Trinajstić information content (AvgIpc) is 2.67. The van der Waals surface area contributed by atoms with Gasteiger partial charge in [-0.1, -0.05) is 55.8 Å². The van der Waals surface area contributed by atoms with Gasteiger partial charge in [-0.25, -0.2) is 4.21 Å². The van der Waals surface area contributed by atoms with Gasteiger partial charge in [0.15, 0.2) is 16.8 Å². The molecule has 0 radical (unpaired) electrons. The fourth-order valence-corrected chi connectivity index (χ4v) is 3.41. The molecule has 0 aliphatic rings. The second kappa shape index (κ2) is 9.35. The average molecular weight is 433 g/mol. The number of ether oxygens (including phenoxy) is 1. The molecule has 6 nitrogen and oxygen atoms in total. The van der Waals surface area contributed by atoms with Crippen molar-refractivity contribution in [2.24, 2.45) is 5.92 Å². The van der Waals surface area contributed by atoms with E-state index in [2.05, 4.69) is 5.10 Å². The maximum atomic E-state index is 13.2. The number of aromatic nitrogens is 2. The molecule has 3 rings (SSSR count). The second-order valence-electron chi connectivity index (χ2n) is 6.95. The lowest BCUT2D eigenvalue weighted by atomic mass is 10.1. The van der Waals surface area contributed by atoms with Gasteiger partial charge in [0.25, 0.3) is 0 Å². The summed E-state index contributed by atoms with van der Waals surface area (Å²) >= 11 is 4.14. The third-order valence-corrected chi connectivity index (χ3v) is 4.92. The Morgan fingerprint density at radius 1 is 1.21 bits per heavy atom. The van der Waals surface area contributed by atoms with Crippen molar-refractivity contribution in [2.75, 3.05) is 6.61 Å². The van der Waals surface area contributed by atoms with Gasteiger partial charge in [0.1, 0.15) is 0 Å². The topological polar surface area (TPSA) is 81.4 Å². The molecule has 2 aromatic carbocycles. The summed E-state index contributed by atoms with van der Waals surface area (Å²) in [7, 11) is 0. The number of hydrogen-bond acceptors (Lipinski definition) is 4. The molecule has 0 amide bonds. The Morgan fingerprint density at radius 2 is 1.93 bits per heavy atom. The van der Waals surface area contributed by atoms with Gasteiger partial charge < -0.3 is 9.29 Å². The highest BCUT2D eigenvalue weighted by molar-refractivity contribution is 7.78. The first-order valence-corrected chi connectivity index (χ1v) is 10.7. The summed E-state index contributed by atoms with van der Waals surface area (Å²) < 4.78 is 27.2. The standard InChI is InChI=1S/C21H21ClN2O4S/c1-14(2)12-28-20-19(16-8-6-15(7-9-16)13-29(26)27)11-23-24(21(20)25)18-5-3-4-17(22)10-18/h3-11,14H,12-13H2,1-2H3,(H,26,27). The molecule has 8 heteroatoms. The zero-order chi connectivity index (χ0) is 21.0. The summed E-state index contributed by atoms with van der Waals surface area (Å²) in [4.78, 5) is 13.2. The van der Waals surface area contributed by atoms with Crippen LogP contribution >= 0.6 is 11.6 Å². The van der Waals surface area contributed by atoms with Gasteiger partial charge in [0.2, 0.25) is 0 Å². The summed E-state index contributed by atoms with van der Waals surface area (Å²) in [6, 6.07) is 13.9. The van der Waals surface area contributed by atoms with Crippen LogP contribution in [-0.4, -0.2) is 25.1 Å². The van der Waals surface area contributed by atoms with Gasteiger partial charge in [-0.3, -0.25) is 4.79 Å². The lowest BCUT2D eigenvalue weighted by Gasteiger charge is -2.15. The molecule has 152 valence electrons. The maximum Gasteiger partial charge on any atom is 0.314 e. The first-order chi connectivity index (χ1) is 13.8. The molecular weight excluding hydrogens is 412 g/mol. The van der Waals surface area contributed by atoms with Gasteiger partial charge >= 0.3 is 5.56 Å². The van der Waals surface area contributed by atoms with Crippen LogP contribution in [0, 0.1) is 5.92 Å². The molecule has 1 atom stereocenters. The van der Waals surface area contributed by atoms with Gasteiger partial charge in [-0.15, -0.1) is 0 Å². The van der Waals surface area contributed by atoms with Crippen LogP contribution < -0.4 is 10.3 Å². The first kappa shape index (κ1) is 21.2. The summed E-state index contributed by atoms with van der Waals surface area (Å²) in [5, 5.41) is 4.80. The molecule has 0 saturated heterocycles. The van der Waals surface area contributed by atoms with Crippen molar-refractivity contribution < 1.29 is 13.5 Å². The highest BCUT2D eigenvalue weighted by atomic mass is 35.5. The predicted molar refractivity (Wildman–Crippen MR) is 115 cm³/mol. The first-order valence-electron chi connectivity index (χ1n) is 9.03. The summed E-state index contributed by atoms with van der Waals surface area (Å²) in [5.74, 6) is 0.482. The highest BCUT2D eigenvalue weighted by Crippen LogP contribution is 2.28. The number of rotatable bonds is 7. The Hall–Kier alpha value is -2.48. The van der Waals surface area contributed by atoms with E-state index in [9.17, 15) is 9.00 Å². The van der Waals surface area contributed by atoms with Crippen LogP contribution in [-0.2, 0) is 16.8 Å². The zero-order valence-electron chi connectivity index (χ0n) is 16.0. The molecule has 1 N–H and O–H groups in total. The SMILES string of the molecule is CC(C)COc1c(-c2ccc(CS(=O)O)cc2)cnn(-c2cccc(Cl)c2)c1=O. The number of nitrogens with zero attached hydrogens (tertiary/aromatic N) is 2. The minimum atomic E-state index is -1.91. The molecule has 1 unspecified atom stereocenters. The van der Waals surface area contributed by atoms with Crippen molar-refractivity contribution in [1.29, 1.82) is 0 Å². The normalized spacial score (nSPS) is 12.2. The van der Waals surface area contributed by atoms with E-state index in [0.29, 0.717) is 22.9 Å². The number of hydrogen-bond donors (Lipinski definition) is 1. The molecule has 0 saturated carbocycles. The van der Waals surface area contributed by atoms with Crippen LogP contribution in [0.4, 0.5) is 0 Å². The van der Waals surface area contributed by atoms with E-state index in [-0.39, 0.29) is 23.0 Å². The van der Waals surface area contributed by atoms with Crippen LogP contribution in [0.5, 0.6) is 5.75 Å². The Balaban J connectivity index is 2.07. The van der Waals surface area contributed by atoms with Crippen molar-refractivity contribution in [2.45, 2.75) is 19.6 Å². The number of benzene rings is 2. The highest BCUT2D eigenvalue weighted by Gasteiger charge is 2.16. The van der Waals surface area contributed by atoms with Gasteiger partial charge in [0.05, 0.1) is 24.2 Å². The van der Waals surface area contributed by atoms with Crippen LogP contribution in [0.3, 0.4) is 0 Å². The van der Waals surface area contributed by atoms with Crippen LogP contribution in [0.15, 0.2) is 59.5 Å². The number of halogens is 1. The molecule has 1 aromatic heterocycles. The van der Waals surface area contributed by atoms with E-state index < -0.39 is 11.1 Å². The molecule has 0 aliphatic heterocycles. The smallest absolute Gasteiger partial charge is 0.314 e. The monoisotopic (exact) mass is 432 g/mol. The van der Waals surface area contributed by atoms with Crippen LogP contribution in [0.1, 0.15) is 19.4 Å². The van der Waals surface area contributed by atoms with Crippen molar-refractivity contribution in [3.8, 4) is 22.6 Å². The Kier molecular flexibility index (Phi) is 6.84. The van der Waals surface area contributed by atoms with E-state index in [4.69, 9.17) is 20.9 Å². The molecule has 0 spiro atoms. The minimum Gasteiger partial charge on any atom is -0.487 e. The van der Waals surface area contributed by atoms with Crippen molar-refractivity contribution in [1.82, 2.24) is 9.78 Å². The van der Waals surface area contributed by atoms with E-state index in [1.807, 2.05) is 13.8 Å². The molecular formula is C21H21ClN2O4S. The predicted octanol–water partition coefficient (Wildman–Crippen LogP) is 4.31. The van der Waals surface area contributed by atoms with E-state index in [1.54, 1.807) is 54.7 Å². The third-order valence-electron chi connectivity index (χ3n) is 4.10. The van der Waals surface area contributed by atoms with Crippen molar-refractivity contribution >= 4 is 22.7 Å². The molecule has 1 heterocycles. The largest absolute Gasteiger partial charge is 0.487 e. The van der Waals surface area contributed by atoms with Gasteiger partial charge in [-0.2, -0.15) is 9.78 Å². The van der Waals surface area contributed by atoms with E-state index in [0.717, 1.165) is 11.1 Å². The fourth-order valence-electron chi connectivity index (χ4n) is 2.75. The Morgan fingerprint density at radius 3 is 2.55 bits per heavy atom. The van der Waals surface area contributed by atoms with Gasteiger partial charge in [-0.05, 0) is 35.2 Å². The van der Waals surface area contributed by atoms with E-state index in [1.165, 1.54) is 4.68 Å². The lowest BCUT2D eigenvalue weighted by molar-refractivity contribution is 0.267. The fraction of sp³-hybridized carbons (Fsp3) is 0.238. The minimum absolute atomic E-state index is 0.0472. The van der Waals surface area contributed by atoms with Crippen molar-refractivity contribution in [3.05, 3.63) is 75.7 Å². The molecule has 29 heavy (non-hydrogen) atoms. The van der Waals surface area contributed by atoms with E-state index >= 15 is 0 Å². The quantitative estimate of drug-likeness (QED) is 0.562. The molecule has 0 bridgehead atoms. The summed E-state index contributed by atoms with van der Waals surface area (Å²) in [6.07, 6.45) is 1.58.